The fourth-order valence-corrected chi connectivity index (χ4v) is 0.987. The molecule has 14 heavy (non-hydrogen) atoms. The standard InChI is InChI=1S/C8H7NO4.Na/c1-5-4-6(8(10)11)2-3-7(5)9(12)13;/h2-4H,1H3,(H,10,11);/q;+1/p-1. The first-order chi connectivity index (χ1) is 6.02. The Labute approximate surface area is 102 Å². The van der Waals surface area contributed by atoms with Gasteiger partial charge in [-0.05, 0) is 24.6 Å². The van der Waals surface area contributed by atoms with Crippen molar-refractivity contribution in [2.24, 2.45) is 0 Å². The Kier molecular flexibility index (Phi) is 4.76. The van der Waals surface area contributed by atoms with E-state index in [2.05, 4.69) is 0 Å². The number of nitro groups is 1. The molecule has 0 saturated heterocycles. The van der Waals surface area contributed by atoms with Gasteiger partial charge in [-0.1, -0.05) is 0 Å². The molecule has 1 aromatic carbocycles. The number of aromatic carboxylic acids is 1. The van der Waals surface area contributed by atoms with Crippen molar-refractivity contribution in [1.29, 1.82) is 0 Å². The Balaban J connectivity index is 0.00000169. The number of nitrogens with zero attached hydrogens (tertiary/aromatic N) is 1. The van der Waals surface area contributed by atoms with E-state index in [1.165, 1.54) is 13.0 Å². The van der Waals surface area contributed by atoms with Gasteiger partial charge in [0.15, 0.2) is 0 Å². The molecular formula is C8H6NNaO4. The topological polar surface area (TPSA) is 83.3 Å². The van der Waals surface area contributed by atoms with Crippen LogP contribution in [-0.2, 0) is 0 Å². The van der Waals surface area contributed by atoms with Crippen LogP contribution in [0, 0.1) is 17.0 Å². The number of benzene rings is 1. The second-order valence-corrected chi connectivity index (χ2v) is 2.55. The van der Waals surface area contributed by atoms with Gasteiger partial charge in [-0.3, -0.25) is 10.1 Å². The van der Waals surface area contributed by atoms with Crippen LogP contribution in [0.1, 0.15) is 15.9 Å². The zero-order valence-electron chi connectivity index (χ0n) is 7.81. The molecule has 0 atom stereocenters. The van der Waals surface area contributed by atoms with Gasteiger partial charge in [0.1, 0.15) is 0 Å². The van der Waals surface area contributed by atoms with Crippen LogP contribution in [0.25, 0.3) is 0 Å². The van der Waals surface area contributed by atoms with Crippen LogP contribution in [0.2, 0.25) is 0 Å². The molecule has 0 aliphatic rings. The number of carbonyl (C=O) groups excluding carboxylic acids is 1. The van der Waals surface area contributed by atoms with Crippen LogP contribution < -0.4 is 34.7 Å². The van der Waals surface area contributed by atoms with E-state index in [0.717, 1.165) is 12.1 Å². The van der Waals surface area contributed by atoms with E-state index in [0.29, 0.717) is 5.56 Å². The van der Waals surface area contributed by atoms with E-state index in [-0.39, 0.29) is 40.8 Å². The minimum atomic E-state index is -1.34. The van der Waals surface area contributed by atoms with Crippen molar-refractivity contribution in [3.8, 4) is 0 Å². The Morgan fingerprint density at radius 2 is 2.00 bits per heavy atom. The third kappa shape index (κ3) is 2.80. The first-order valence-corrected chi connectivity index (χ1v) is 3.49. The number of carboxylic acid groups (broad SMARTS) is 1. The molecule has 0 saturated carbocycles. The van der Waals surface area contributed by atoms with E-state index in [1.807, 2.05) is 0 Å². The van der Waals surface area contributed by atoms with Crippen LogP contribution >= 0.6 is 0 Å². The Morgan fingerprint density at radius 3 is 2.36 bits per heavy atom. The second-order valence-electron chi connectivity index (χ2n) is 2.55. The van der Waals surface area contributed by atoms with E-state index in [9.17, 15) is 20.0 Å². The number of hydrogen-bond acceptors (Lipinski definition) is 4. The maximum absolute atomic E-state index is 10.4. The molecule has 5 nitrogen and oxygen atoms in total. The molecule has 0 radical (unpaired) electrons. The molecule has 0 aliphatic carbocycles. The molecule has 1 aromatic rings. The van der Waals surface area contributed by atoms with Gasteiger partial charge in [0.05, 0.1) is 10.9 Å². The largest absolute Gasteiger partial charge is 1.00 e. The van der Waals surface area contributed by atoms with E-state index < -0.39 is 10.9 Å². The third-order valence-electron chi connectivity index (χ3n) is 1.63. The molecule has 0 bridgehead atoms. The molecule has 0 amide bonds. The fraction of sp³-hybridized carbons (Fsp3) is 0.125. The normalized spacial score (nSPS) is 8.93. The van der Waals surface area contributed by atoms with Crippen molar-refractivity contribution in [2.45, 2.75) is 6.92 Å². The Bertz CT molecular complexity index is 378. The second kappa shape index (κ2) is 5.09. The summed E-state index contributed by atoms with van der Waals surface area (Å²) in [5.41, 5.74) is 0.166. The first-order valence-electron chi connectivity index (χ1n) is 3.49. The van der Waals surface area contributed by atoms with Crippen LogP contribution in [0.3, 0.4) is 0 Å². The average molecular weight is 203 g/mol. The molecule has 0 aromatic heterocycles. The number of carboxylic acids is 1. The molecule has 1 rings (SSSR count). The molecule has 0 spiro atoms. The zero-order valence-corrected chi connectivity index (χ0v) is 9.81. The number of rotatable bonds is 2. The fourth-order valence-electron chi connectivity index (χ4n) is 0.987. The number of carbonyl (C=O) groups is 1. The average Bonchev–Trinajstić information content (AvgIpc) is 2.03. The molecule has 0 fully saturated rings. The van der Waals surface area contributed by atoms with Gasteiger partial charge in [0, 0.05) is 11.6 Å². The van der Waals surface area contributed by atoms with Gasteiger partial charge in [0.2, 0.25) is 0 Å². The molecule has 0 unspecified atom stereocenters. The van der Waals surface area contributed by atoms with Gasteiger partial charge < -0.3 is 9.90 Å². The van der Waals surface area contributed by atoms with Gasteiger partial charge in [-0.25, -0.2) is 0 Å². The molecule has 0 aliphatic heterocycles. The summed E-state index contributed by atoms with van der Waals surface area (Å²) in [5.74, 6) is -1.34. The van der Waals surface area contributed by atoms with Crippen LogP contribution in [0.4, 0.5) is 5.69 Å². The summed E-state index contributed by atoms with van der Waals surface area (Å²) >= 11 is 0. The summed E-state index contributed by atoms with van der Waals surface area (Å²) in [6.45, 7) is 1.48. The van der Waals surface area contributed by atoms with Crippen molar-refractivity contribution >= 4 is 11.7 Å². The summed E-state index contributed by atoms with van der Waals surface area (Å²) in [5, 5.41) is 20.7. The minimum absolute atomic E-state index is 0. The quantitative estimate of drug-likeness (QED) is 0.297. The maximum atomic E-state index is 10.4. The summed E-state index contributed by atoms with van der Waals surface area (Å²) in [4.78, 5) is 20.1. The van der Waals surface area contributed by atoms with Gasteiger partial charge in [0.25, 0.3) is 5.69 Å². The molecule has 68 valence electrons. The van der Waals surface area contributed by atoms with Crippen molar-refractivity contribution in [2.75, 3.05) is 0 Å². The summed E-state index contributed by atoms with van der Waals surface area (Å²) in [6.07, 6.45) is 0. The van der Waals surface area contributed by atoms with E-state index >= 15 is 0 Å². The molecule has 6 heteroatoms. The van der Waals surface area contributed by atoms with E-state index in [4.69, 9.17) is 0 Å². The number of nitro benzene ring substituents is 1. The first kappa shape index (κ1) is 13.1. The minimum Gasteiger partial charge on any atom is -0.545 e. The van der Waals surface area contributed by atoms with Crippen LogP contribution in [0.5, 0.6) is 0 Å². The van der Waals surface area contributed by atoms with Crippen molar-refractivity contribution in [1.82, 2.24) is 0 Å². The van der Waals surface area contributed by atoms with Gasteiger partial charge in [-0.15, -0.1) is 0 Å². The molecular weight excluding hydrogens is 197 g/mol. The number of aryl methyl sites for hydroxylation is 1. The predicted molar refractivity (Wildman–Crippen MR) is 42.2 cm³/mol. The zero-order chi connectivity index (χ0) is 10.0. The predicted octanol–water partition coefficient (Wildman–Crippen LogP) is -2.73. The van der Waals surface area contributed by atoms with Crippen LogP contribution in [0.15, 0.2) is 18.2 Å². The summed E-state index contributed by atoms with van der Waals surface area (Å²) in [7, 11) is 0. The van der Waals surface area contributed by atoms with Crippen molar-refractivity contribution in [3.05, 3.63) is 39.4 Å². The van der Waals surface area contributed by atoms with Gasteiger partial charge in [-0.2, -0.15) is 0 Å². The maximum Gasteiger partial charge on any atom is 1.00 e. The Hall–Kier alpha value is -0.910. The van der Waals surface area contributed by atoms with Crippen LogP contribution in [-0.4, -0.2) is 10.9 Å². The van der Waals surface area contributed by atoms with E-state index in [1.54, 1.807) is 0 Å². The molecule has 0 heterocycles. The number of hydrogen-bond donors (Lipinski definition) is 0. The Morgan fingerprint density at radius 1 is 1.43 bits per heavy atom. The third-order valence-corrected chi connectivity index (χ3v) is 1.63. The van der Waals surface area contributed by atoms with Crippen molar-refractivity contribution < 1.29 is 44.4 Å². The van der Waals surface area contributed by atoms with Crippen molar-refractivity contribution in [3.63, 3.8) is 0 Å². The SMILES string of the molecule is Cc1cc(C(=O)[O-])ccc1[N+](=O)[O-].[Na+]. The molecule has 0 N–H and O–H groups in total. The monoisotopic (exact) mass is 203 g/mol. The summed E-state index contributed by atoms with van der Waals surface area (Å²) in [6, 6.07) is 3.52. The van der Waals surface area contributed by atoms with Gasteiger partial charge >= 0.3 is 29.6 Å². The summed E-state index contributed by atoms with van der Waals surface area (Å²) < 4.78 is 0. The smallest absolute Gasteiger partial charge is 0.545 e.